The zero-order chi connectivity index (χ0) is 15.1. The number of carbonyl (C=O) groups excluding carboxylic acids is 1. The van der Waals surface area contributed by atoms with Crippen LogP contribution >= 0.6 is 0 Å². The molecule has 1 aliphatic heterocycles. The average molecular weight is 291 g/mol. The van der Waals surface area contributed by atoms with Crippen LogP contribution in [0.2, 0.25) is 0 Å². The normalized spacial score (nSPS) is 20.0. The Morgan fingerprint density at radius 1 is 1.43 bits per heavy atom. The van der Waals surface area contributed by atoms with E-state index in [4.69, 9.17) is 9.47 Å². The van der Waals surface area contributed by atoms with E-state index in [1.54, 1.807) is 6.92 Å². The third-order valence-corrected chi connectivity index (χ3v) is 3.89. The summed E-state index contributed by atoms with van der Waals surface area (Å²) in [6.45, 7) is 5.68. The molecule has 0 unspecified atom stereocenters. The fourth-order valence-corrected chi connectivity index (χ4v) is 2.40. The van der Waals surface area contributed by atoms with Crippen molar-refractivity contribution in [2.75, 3.05) is 13.2 Å². The van der Waals surface area contributed by atoms with Crippen molar-refractivity contribution in [1.82, 2.24) is 5.32 Å². The van der Waals surface area contributed by atoms with Gasteiger partial charge in [0.15, 0.2) is 0 Å². The Morgan fingerprint density at radius 2 is 2.24 bits per heavy atom. The van der Waals surface area contributed by atoms with E-state index in [0.29, 0.717) is 13.2 Å². The standard InChI is InChI=1S/C17H25NO3/c1-13-7-3-4-8-15(13)11-18-17(19)14(2)21-12-16-9-5-6-10-20-16/h3-4,7-8,14,16H,5-6,9-12H2,1-2H3,(H,18,19)/t14-,16-/m0/s1. The van der Waals surface area contributed by atoms with Crippen LogP contribution in [0.3, 0.4) is 0 Å². The predicted molar refractivity (Wildman–Crippen MR) is 82.0 cm³/mol. The van der Waals surface area contributed by atoms with Crippen molar-refractivity contribution in [2.45, 2.75) is 51.9 Å². The van der Waals surface area contributed by atoms with Gasteiger partial charge in [-0.25, -0.2) is 0 Å². The molecule has 1 heterocycles. The number of ether oxygens (including phenoxy) is 2. The number of amides is 1. The zero-order valence-corrected chi connectivity index (χ0v) is 12.9. The fourth-order valence-electron chi connectivity index (χ4n) is 2.40. The molecule has 0 spiro atoms. The maximum atomic E-state index is 12.0. The van der Waals surface area contributed by atoms with Crippen molar-refractivity contribution >= 4 is 5.91 Å². The first kappa shape index (κ1) is 16.0. The molecule has 1 fully saturated rings. The Hall–Kier alpha value is -1.39. The van der Waals surface area contributed by atoms with Crippen molar-refractivity contribution in [3.63, 3.8) is 0 Å². The Balaban J connectivity index is 1.71. The maximum absolute atomic E-state index is 12.0. The first-order chi connectivity index (χ1) is 10.2. The fraction of sp³-hybridized carbons (Fsp3) is 0.588. The number of carbonyl (C=O) groups is 1. The van der Waals surface area contributed by atoms with Crippen LogP contribution in [0.25, 0.3) is 0 Å². The Labute approximate surface area is 126 Å². The van der Waals surface area contributed by atoms with Crippen molar-refractivity contribution in [1.29, 1.82) is 0 Å². The van der Waals surface area contributed by atoms with Gasteiger partial charge >= 0.3 is 0 Å². The van der Waals surface area contributed by atoms with Crippen LogP contribution in [0.1, 0.15) is 37.3 Å². The van der Waals surface area contributed by atoms with Gasteiger partial charge in [-0.05, 0) is 44.2 Å². The monoisotopic (exact) mass is 291 g/mol. The summed E-state index contributed by atoms with van der Waals surface area (Å²) in [4.78, 5) is 12.0. The van der Waals surface area contributed by atoms with Crippen LogP contribution in [0.4, 0.5) is 0 Å². The third-order valence-electron chi connectivity index (χ3n) is 3.89. The molecule has 2 atom stereocenters. The number of rotatable bonds is 6. The second kappa shape index (κ2) is 8.15. The topological polar surface area (TPSA) is 47.6 Å². The second-order valence-electron chi connectivity index (χ2n) is 5.61. The van der Waals surface area contributed by atoms with Gasteiger partial charge < -0.3 is 14.8 Å². The maximum Gasteiger partial charge on any atom is 0.249 e. The number of nitrogens with one attached hydrogen (secondary N) is 1. The molecule has 1 saturated heterocycles. The van der Waals surface area contributed by atoms with Gasteiger partial charge in [-0.1, -0.05) is 24.3 Å². The predicted octanol–water partition coefficient (Wildman–Crippen LogP) is 2.59. The summed E-state index contributed by atoms with van der Waals surface area (Å²) in [7, 11) is 0. The summed E-state index contributed by atoms with van der Waals surface area (Å²) < 4.78 is 11.2. The van der Waals surface area contributed by atoms with E-state index in [2.05, 4.69) is 5.32 Å². The van der Waals surface area contributed by atoms with Crippen LogP contribution in [0.5, 0.6) is 0 Å². The largest absolute Gasteiger partial charge is 0.376 e. The van der Waals surface area contributed by atoms with E-state index in [-0.39, 0.29) is 12.0 Å². The van der Waals surface area contributed by atoms with E-state index < -0.39 is 6.10 Å². The molecular formula is C17H25NO3. The lowest BCUT2D eigenvalue weighted by Gasteiger charge is -2.24. The number of hydrogen-bond donors (Lipinski definition) is 1. The van der Waals surface area contributed by atoms with Gasteiger partial charge in [0, 0.05) is 13.2 Å². The van der Waals surface area contributed by atoms with Gasteiger partial charge in [0.25, 0.3) is 0 Å². The molecule has 21 heavy (non-hydrogen) atoms. The molecule has 0 bridgehead atoms. The Bertz CT molecular complexity index is 455. The minimum absolute atomic E-state index is 0.0749. The summed E-state index contributed by atoms with van der Waals surface area (Å²) in [5.41, 5.74) is 2.32. The minimum atomic E-state index is -0.445. The zero-order valence-electron chi connectivity index (χ0n) is 12.9. The summed E-state index contributed by atoms with van der Waals surface area (Å²) in [6, 6.07) is 8.05. The second-order valence-corrected chi connectivity index (χ2v) is 5.61. The molecule has 1 aliphatic rings. The lowest BCUT2D eigenvalue weighted by Crippen LogP contribution is -2.36. The van der Waals surface area contributed by atoms with Crippen LogP contribution in [0, 0.1) is 6.92 Å². The van der Waals surface area contributed by atoms with Crippen molar-refractivity contribution in [3.05, 3.63) is 35.4 Å². The molecule has 0 radical (unpaired) electrons. The lowest BCUT2D eigenvalue weighted by molar-refractivity contribution is -0.135. The van der Waals surface area contributed by atoms with Gasteiger partial charge in [-0.2, -0.15) is 0 Å². The first-order valence-electron chi connectivity index (χ1n) is 7.72. The number of benzene rings is 1. The first-order valence-corrected chi connectivity index (χ1v) is 7.72. The Morgan fingerprint density at radius 3 is 2.95 bits per heavy atom. The molecule has 0 saturated carbocycles. The molecule has 4 nitrogen and oxygen atoms in total. The number of hydrogen-bond acceptors (Lipinski definition) is 3. The molecule has 1 N–H and O–H groups in total. The molecule has 1 aromatic carbocycles. The van der Waals surface area contributed by atoms with Crippen molar-refractivity contribution < 1.29 is 14.3 Å². The van der Waals surface area contributed by atoms with Gasteiger partial charge in [-0.3, -0.25) is 4.79 Å². The van der Waals surface area contributed by atoms with Crippen LogP contribution < -0.4 is 5.32 Å². The smallest absolute Gasteiger partial charge is 0.249 e. The van der Waals surface area contributed by atoms with Gasteiger partial charge in [0.1, 0.15) is 6.10 Å². The van der Waals surface area contributed by atoms with E-state index in [1.807, 2.05) is 31.2 Å². The van der Waals surface area contributed by atoms with Crippen molar-refractivity contribution in [2.24, 2.45) is 0 Å². The van der Waals surface area contributed by atoms with E-state index >= 15 is 0 Å². The quantitative estimate of drug-likeness (QED) is 0.876. The van der Waals surface area contributed by atoms with Gasteiger partial charge in [0.2, 0.25) is 5.91 Å². The Kier molecular flexibility index (Phi) is 6.21. The van der Waals surface area contributed by atoms with Gasteiger partial charge in [-0.15, -0.1) is 0 Å². The summed E-state index contributed by atoms with van der Waals surface area (Å²) in [5.74, 6) is -0.0749. The molecule has 0 aliphatic carbocycles. The summed E-state index contributed by atoms with van der Waals surface area (Å²) >= 11 is 0. The van der Waals surface area contributed by atoms with Crippen molar-refractivity contribution in [3.8, 4) is 0 Å². The highest BCUT2D eigenvalue weighted by Crippen LogP contribution is 2.13. The molecule has 1 amide bonds. The third kappa shape index (κ3) is 5.14. The molecule has 1 aromatic rings. The molecular weight excluding hydrogens is 266 g/mol. The molecule has 2 rings (SSSR count). The van der Waals surface area contributed by atoms with Crippen LogP contribution in [-0.4, -0.2) is 31.3 Å². The number of aryl methyl sites for hydroxylation is 1. The SMILES string of the molecule is Cc1ccccc1CNC(=O)[C@H](C)OC[C@@H]1CCCCO1. The molecule has 0 aromatic heterocycles. The van der Waals surface area contributed by atoms with E-state index in [9.17, 15) is 4.79 Å². The summed E-state index contributed by atoms with van der Waals surface area (Å²) in [6.07, 6.45) is 3.03. The van der Waals surface area contributed by atoms with Crippen LogP contribution in [-0.2, 0) is 20.8 Å². The molecule has 4 heteroatoms. The van der Waals surface area contributed by atoms with E-state index in [0.717, 1.165) is 25.0 Å². The minimum Gasteiger partial charge on any atom is -0.376 e. The highest BCUT2D eigenvalue weighted by molar-refractivity contribution is 5.80. The average Bonchev–Trinajstić information content (AvgIpc) is 2.52. The highest BCUT2D eigenvalue weighted by Gasteiger charge is 2.18. The van der Waals surface area contributed by atoms with Gasteiger partial charge in [0.05, 0.1) is 12.7 Å². The highest BCUT2D eigenvalue weighted by atomic mass is 16.5. The lowest BCUT2D eigenvalue weighted by atomic mass is 10.1. The van der Waals surface area contributed by atoms with E-state index in [1.165, 1.54) is 12.0 Å². The van der Waals surface area contributed by atoms with Crippen LogP contribution in [0.15, 0.2) is 24.3 Å². The molecule has 116 valence electrons. The summed E-state index contributed by atoms with van der Waals surface area (Å²) in [5, 5.41) is 2.92.